The topological polar surface area (TPSA) is 13.1 Å². The molecule has 1 aliphatic heterocycles. The summed E-state index contributed by atoms with van der Waals surface area (Å²) < 4.78 is 8.98. The third-order valence-corrected chi connectivity index (χ3v) is 7.44. The van der Waals surface area contributed by atoms with Crippen molar-refractivity contribution < 1.29 is 9.30 Å². The fourth-order valence-corrected chi connectivity index (χ4v) is 5.80. The van der Waals surface area contributed by atoms with E-state index < -0.39 is 0 Å². The standard InChI is InChI=1S/C28H28NO/c1-17-22(14-19-8-4-5-9-19)15-21-12-13-29(3)27-25-18(2)23-11-7-6-10-20(23)16-24(25)30-28(17)26(21)27/h6-7,10-13,15-16,19H,4-5,8-9,14H2,1-3H3/q+1. The van der Waals surface area contributed by atoms with Crippen molar-refractivity contribution in [2.75, 3.05) is 0 Å². The van der Waals surface area contributed by atoms with Crippen LogP contribution >= 0.6 is 0 Å². The third-order valence-electron chi connectivity index (χ3n) is 7.44. The first kappa shape index (κ1) is 17.9. The Morgan fingerprint density at radius 1 is 0.967 bits per heavy atom. The first-order valence-corrected chi connectivity index (χ1v) is 11.3. The van der Waals surface area contributed by atoms with E-state index in [4.69, 9.17) is 4.74 Å². The van der Waals surface area contributed by atoms with Crippen LogP contribution in [0.2, 0.25) is 0 Å². The van der Waals surface area contributed by atoms with Crippen LogP contribution in [0.25, 0.3) is 32.8 Å². The molecule has 0 saturated heterocycles. The highest BCUT2D eigenvalue weighted by atomic mass is 16.5. The van der Waals surface area contributed by atoms with Crippen LogP contribution in [-0.2, 0) is 13.5 Å². The Bertz CT molecular complexity index is 1330. The number of rotatable bonds is 2. The van der Waals surface area contributed by atoms with E-state index in [-0.39, 0.29) is 0 Å². The minimum absolute atomic E-state index is 0.828. The molecule has 3 aromatic carbocycles. The zero-order valence-electron chi connectivity index (χ0n) is 18.1. The molecule has 0 bridgehead atoms. The average Bonchev–Trinajstić information content (AvgIpc) is 3.26. The van der Waals surface area contributed by atoms with E-state index in [0.717, 1.165) is 17.4 Å². The van der Waals surface area contributed by atoms with Crippen LogP contribution in [0.1, 0.15) is 42.4 Å². The summed E-state index contributed by atoms with van der Waals surface area (Å²) in [5, 5.41) is 5.11. The quantitative estimate of drug-likeness (QED) is 0.296. The largest absolute Gasteiger partial charge is 0.455 e. The monoisotopic (exact) mass is 394 g/mol. The summed E-state index contributed by atoms with van der Waals surface area (Å²) in [5.41, 5.74) is 6.59. The summed E-state index contributed by atoms with van der Waals surface area (Å²) in [4.78, 5) is 0. The van der Waals surface area contributed by atoms with Gasteiger partial charge in [0.2, 0.25) is 5.69 Å². The summed E-state index contributed by atoms with van der Waals surface area (Å²) in [6, 6.07) is 15.5. The fraction of sp³-hybridized carbons (Fsp3) is 0.321. The van der Waals surface area contributed by atoms with Gasteiger partial charge >= 0.3 is 0 Å². The van der Waals surface area contributed by atoms with Gasteiger partial charge in [-0.3, -0.25) is 0 Å². The van der Waals surface area contributed by atoms with Crippen molar-refractivity contribution in [3.05, 3.63) is 65.4 Å². The zero-order valence-corrected chi connectivity index (χ0v) is 18.1. The number of ether oxygens (including phenoxy) is 1. The van der Waals surface area contributed by atoms with E-state index in [1.165, 1.54) is 81.6 Å². The lowest BCUT2D eigenvalue weighted by Gasteiger charge is -2.25. The summed E-state index contributed by atoms with van der Waals surface area (Å²) in [5.74, 6) is 2.88. The normalized spacial score (nSPS) is 15.6. The van der Waals surface area contributed by atoms with E-state index in [9.17, 15) is 0 Å². The number of aryl methyl sites for hydroxylation is 2. The van der Waals surface area contributed by atoms with E-state index in [0.29, 0.717) is 0 Å². The molecule has 0 radical (unpaired) electrons. The number of hydrogen-bond donors (Lipinski definition) is 0. The van der Waals surface area contributed by atoms with Crippen LogP contribution in [0, 0.1) is 19.8 Å². The van der Waals surface area contributed by atoms with Gasteiger partial charge in [0.25, 0.3) is 0 Å². The summed E-state index contributed by atoms with van der Waals surface area (Å²) in [7, 11) is 2.16. The van der Waals surface area contributed by atoms with Crippen molar-refractivity contribution in [1.29, 1.82) is 0 Å². The van der Waals surface area contributed by atoms with Gasteiger partial charge in [-0.05, 0) is 65.1 Å². The molecule has 4 aromatic rings. The molecule has 2 heteroatoms. The number of hydrogen-bond acceptors (Lipinski definition) is 1. The maximum Gasteiger partial charge on any atom is 0.228 e. The van der Waals surface area contributed by atoms with Gasteiger partial charge in [-0.1, -0.05) is 56.0 Å². The molecule has 0 N–H and O–H groups in total. The zero-order chi connectivity index (χ0) is 20.4. The predicted octanol–water partition coefficient (Wildman–Crippen LogP) is 6.94. The lowest BCUT2D eigenvalue weighted by atomic mass is 9.88. The molecule has 1 aromatic heterocycles. The van der Waals surface area contributed by atoms with E-state index in [1.54, 1.807) is 0 Å². The van der Waals surface area contributed by atoms with Crippen LogP contribution in [0.15, 0.2) is 48.7 Å². The summed E-state index contributed by atoms with van der Waals surface area (Å²) in [6.07, 6.45) is 8.91. The van der Waals surface area contributed by atoms with Gasteiger partial charge in [-0.25, -0.2) is 4.57 Å². The minimum Gasteiger partial charge on any atom is -0.455 e. The molecule has 0 spiro atoms. The maximum absolute atomic E-state index is 6.72. The first-order valence-electron chi connectivity index (χ1n) is 11.3. The van der Waals surface area contributed by atoms with Crippen LogP contribution in [0.5, 0.6) is 11.5 Å². The lowest BCUT2D eigenvalue weighted by molar-refractivity contribution is -0.659. The van der Waals surface area contributed by atoms with E-state index in [2.05, 4.69) is 74.1 Å². The predicted molar refractivity (Wildman–Crippen MR) is 123 cm³/mol. The molecular weight excluding hydrogens is 366 g/mol. The first-order chi connectivity index (χ1) is 14.6. The van der Waals surface area contributed by atoms with Crippen LogP contribution in [-0.4, -0.2) is 0 Å². The Labute approximate surface area is 178 Å². The average molecular weight is 395 g/mol. The highest BCUT2D eigenvalue weighted by Gasteiger charge is 2.32. The SMILES string of the molecule is Cc1c(CC2CCCC2)cc2cc[n+](C)c3c2c1Oc1cc2ccccc2c(C)c1-3. The number of aromatic nitrogens is 1. The summed E-state index contributed by atoms with van der Waals surface area (Å²) >= 11 is 0. The number of nitrogens with zero attached hydrogens (tertiary/aromatic N) is 1. The van der Waals surface area contributed by atoms with Crippen LogP contribution in [0.4, 0.5) is 0 Å². The number of benzene rings is 3. The molecule has 1 fully saturated rings. The van der Waals surface area contributed by atoms with E-state index in [1.807, 2.05) is 0 Å². The second kappa shape index (κ2) is 6.57. The van der Waals surface area contributed by atoms with Gasteiger partial charge in [0.1, 0.15) is 18.5 Å². The van der Waals surface area contributed by atoms with Gasteiger partial charge < -0.3 is 4.74 Å². The lowest BCUT2D eigenvalue weighted by Crippen LogP contribution is -2.32. The molecule has 2 nitrogen and oxygen atoms in total. The van der Waals surface area contributed by atoms with Gasteiger partial charge in [-0.2, -0.15) is 0 Å². The summed E-state index contributed by atoms with van der Waals surface area (Å²) in [6.45, 7) is 4.49. The minimum atomic E-state index is 0.828. The van der Waals surface area contributed by atoms with E-state index >= 15 is 0 Å². The van der Waals surface area contributed by atoms with Gasteiger partial charge in [-0.15, -0.1) is 0 Å². The number of fused-ring (bicyclic) bond motifs is 3. The molecule has 0 unspecified atom stereocenters. The van der Waals surface area contributed by atoms with Crippen molar-refractivity contribution in [1.82, 2.24) is 0 Å². The van der Waals surface area contributed by atoms with Gasteiger partial charge in [0, 0.05) is 6.07 Å². The Hall–Kier alpha value is -2.87. The van der Waals surface area contributed by atoms with Crippen molar-refractivity contribution in [2.45, 2.75) is 46.0 Å². The van der Waals surface area contributed by atoms with Crippen LogP contribution < -0.4 is 9.30 Å². The molecule has 2 heterocycles. The van der Waals surface area contributed by atoms with Gasteiger partial charge in [0.05, 0.1) is 10.9 Å². The van der Waals surface area contributed by atoms with Gasteiger partial charge in [0.15, 0.2) is 6.20 Å². The van der Waals surface area contributed by atoms with Crippen molar-refractivity contribution in [3.63, 3.8) is 0 Å². The fourth-order valence-electron chi connectivity index (χ4n) is 5.80. The Kier molecular flexibility index (Phi) is 3.93. The second-order valence-electron chi connectivity index (χ2n) is 9.28. The van der Waals surface area contributed by atoms with Crippen molar-refractivity contribution in [3.8, 4) is 22.8 Å². The second-order valence-corrected chi connectivity index (χ2v) is 9.28. The van der Waals surface area contributed by atoms with Crippen molar-refractivity contribution >= 4 is 21.5 Å². The van der Waals surface area contributed by atoms with Crippen LogP contribution in [0.3, 0.4) is 0 Å². The molecular formula is C28H28NO+. The molecule has 1 aliphatic carbocycles. The molecule has 30 heavy (non-hydrogen) atoms. The molecule has 2 aliphatic rings. The smallest absolute Gasteiger partial charge is 0.228 e. The Morgan fingerprint density at radius 3 is 2.60 bits per heavy atom. The van der Waals surface area contributed by atoms with Crippen molar-refractivity contribution in [2.24, 2.45) is 13.0 Å². The Balaban J connectivity index is 1.65. The maximum atomic E-state index is 6.72. The molecule has 1 saturated carbocycles. The number of pyridine rings is 1. The third kappa shape index (κ3) is 2.52. The highest BCUT2D eigenvalue weighted by molar-refractivity contribution is 6.06. The Morgan fingerprint density at radius 2 is 1.77 bits per heavy atom. The molecule has 0 atom stereocenters. The molecule has 6 rings (SSSR count). The highest BCUT2D eigenvalue weighted by Crippen LogP contribution is 2.50. The molecule has 0 amide bonds. The molecule has 150 valence electrons.